The van der Waals surface area contributed by atoms with Crippen LogP contribution in [0.15, 0.2) is 18.3 Å². The number of fused-ring (bicyclic) bond motifs is 2. The highest BCUT2D eigenvalue weighted by Gasteiger charge is 2.35. The molecule has 2 amide bonds. The molecule has 12 heteroatoms. The Hall–Kier alpha value is -3.28. The first-order valence-electron chi connectivity index (χ1n) is 13.9. The third-order valence-electron chi connectivity index (χ3n) is 8.65. The van der Waals surface area contributed by atoms with Gasteiger partial charge in [-0.2, -0.15) is 10.2 Å². The number of alkyl halides is 2. The zero-order chi connectivity index (χ0) is 28.1. The van der Waals surface area contributed by atoms with Crippen molar-refractivity contribution in [1.82, 2.24) is 29.8 Å². The van der Waals surface area contributed by atoms with Gasteiger partial charge < -0.3 is 15.1 Å². The van der Waals surface area contributed by atoms with Crippen molar-refractivity contribution in [1.29, 1.82) is 0 Å². The number of rotatable bonds is 4. The monoisotopic (exact) mass is 571 g/mol. The summed E-state index contributed by atoms with van der Waals surface area (Å²) in [4.78, 5) is 16.4. The molecule has 214 valence electrons. The second-order valence-corrected chi connectivity index (χ2v) is 12.6. The molecule has 3 aliphatic heterocycles. The molecule has 0 radical (unpaired) electrons. The molecule has 0 saturated carbocycles. The Morgan fingerprint density at radius 1 is 1.15 bits per heavy atom. The smallest absolute Gasteiger partial charge is 0.317 e. The quantitative estimate of drug-likeness (QED) is 0.502. The highest BCUT2D eigenvalue weighted by Crippen LogP contribution is 2.44. The number of urea groups is 1. The molecule has 3 aliphatic rings. The molecule has 3 aromatic rings. The third kappa shape index (κ3) is 4.59. The van der Waals surface area contributed by atoms with Crippen LogP contribution >= 0.6 is 0 Å². The van der Waals surface area contributed by atoms with Gasteiger partial charge in [-0.05, 0) is 55.9 Å². The molecule has 0 unspecified atom stereocenters. The van der Waals surface area contributed by atoms with E-state index in [9.17, 15) is 17.8 Å². The summed E-state index contributed by atoms with van der Waals surface area (Å²) in [6.45, 7) is 3.53. The molecule has 40 heavy (non-hydrogen) atoms. The van der Waals surface area contributed by atoms with E-state index in [1.54, 1.807) is 28.9 Å². The lowest BCUT2D eigenvalue weighted by molar-refractivity contribution is 0.152. The van der Waals surface area contributed by atoms with Gasteiger partial charge in [-0.15, -0.1) is 0 Å². The number of nitrogens with one attached hydrogen (secondary N) is 1. The summed E-state index contributed by atoms with van der Waals surface area (Å²) < 4.78 is 44.9. The number of anilines is 2. The standard InChI is InChI=1S/C28H35F2N7O2S/c1-17-22(15-32-34(17)3)20-13-18-5-4-9-36(25(18)14-21(20)26(29)30)27-23-16-35(28(38)31-2)10-6-24(23)37(33-27)19-7-11-40(39)12-8-19/h13-15,19,26H,4-12,16H2,1-3H3,(H,31,38). The number of benzene rings is 1. The first-order chi connectivity index (χ1) is 19.3. The minimum Gasteiger partial charge on any atom is -0.341 e. The van der Waals surface area contributed by atoms with Crippen LogP contribution in [0.1, 0.15) is 59.8 Å². The van der Waals surface area contributed by atoms with Crippen LogP contribution in [-0.4, -0.2) is 66.3 Å². The summed E-state index contributed by atoms with van der Waals surface area (Å²) in [5.74, 6) is 2.04. The fourth-order valence-electron chi connectivity index (χ4n) is 6.35. The normalized spacial score (nSPS) is 20.9. The van der Waals surface area contributed by atoms with Crippen molar-refractivity contribution in [3.8, 4) is 11.1 Å². The lowest BCUT2D eigenvalue weighted by Gasteiger charge is -2.33. The Labute approximate surface area is 235 Å². The number of hydrogen-bond donors (Lipinski definition) is 1. The topological polar surface area (TPSA) is 88.3 Å². The average Bonchev–Trinajstić information content (AvgIpc) is 3.51. The van der Waals surface area contributed by atoms with Gasteiger partial charge in [0.1, 0.15) is 0 Å². The maximum absolute atomic E-state index is 14.5. The minimum absolute atomic E-state index is 0.0169. The second-order valence-electron chi connectivity index (χ2n) is 10.9. The van der Waals surface area contributed by atoms with Crippen molar-refractivity contribution in [2.45, 2.75) is 58.0 Å². The van der Waals surface area contributed by atoms with Gasteiger partial charge >= 0.3 is 6.03 Å². The number of hydrogen-bond acceptors (Lipinski definition) is 5. The molecular formula is C28H35F2N7O2S. The predicted molar refractivity (Wildman–Crippen MR) is 151 cm³/mol. The zero-order valence-electron chi connectivity index (χ0n) is 23.1. The molecule has 5 heterocycles. The highest BCUT2D eigenvalue weighted by atomic mass is 32.2. The van der Waals surface area contributed by atoms with Gasteiger partial charge in [0.15, 0.2) is 5.82 Å². The van der Waals surface area contributed by atoms with Crippen molar-refractivity contribution in [2.75, 3.05) is 36.5 Å². The fourth-order valence-corrected chi connectivity index (χ4v) is 7.62. The van der Waals surface area contributed by atoms with Crippen LogP contribution in [0, 0.1) is 6.92 Å². The van der Waals surface area contributed by atoms with Crippen LogP contribution in [0.25, 0.3) is 11.1 Å². The Morgan fingerprint density at radius 3 is 2.60 bits per heavy atom. The van der Waals surface area contributed by atoms with E-state index in [0.29, 0.717) is 43.1 Å². The molecule has 6 rings (SSSR count). The van der Waals surface area contributed by atoms with E-state index in [4.69, 9.17) is 5.10 Å². The Kier molecular flexibility index (Phi) is 7.14. The zero-order valence-corrected chi connectivity index (χ0v) is 23.9. The van der Waals surface area contributed by atoms with Gasteiger partial charge in [0, 0.05) is 89.7 Å². The first kappa shape index (κ1) is 26.9. The SMILES string of the molecule is CNC(=O)N1CCc2c(c(N3CCCc4cc(-c5cnn(C)c5C)c(C(F)F)cc43)nn2C2CCS(=O)CC2)C1. The lowest BCUT2D eigenvalue weighted by atomic mass is 9.92. The molecule has 0 aliphatic carbocycles. The van der Waals surface area contributed by atoms with Gasteiger partial charge in [-0.3, -0.25) is 13.6 Å². The number of carbonyl (C=O) groups excluding carboxylic acids is 1. The number of aromatic nitrogens is 4. The van der Waals surface area contributed by atoms with E-state index in [0.717, 1.165) is 65.3 Å². The summed E-state index contributed by atoms with van der Waals surface area (Å²) >= 11 is 0. The van der Waals surface area contributed by atoms with Gasteiger partial charge in [-0.25, -0.2) is 13.6 Å². The largest absolute Gasteiger partial charge is 0.341 e. The van der Waals surface area contributed by atoms with Gasteiger partial charge in [0.25, 0.3) is 6.43 Å². The summed E-state index contributed by atoms with van der Waals surface area (Å²) in [5.41, 5.74) is 5.88. The van der Waals surface area contributed by atoms with Gasteiger partial charge in [0.05, 0.1) is 18.8 Å². The van der Waals surface area contributed by atoms with Gasteiger partial charge in [-0.1, -0.05) is 0 Å². The molecule has 1 N–H and O–H groups in total. The number of amides is 2. The molecule has 1 saturated heterocycles. The maximum Gasteiger partial charge on any atom is 0.317 e. The molecule has 1 fully saturated rings. The minimum atomic E-state index is -2.65. The van der Waals surface area contributed by atoms with E-state index in [1.807, 2.05) is 20.0 Å². The average molecular weight is 572 g/mol. The Balaban J connectivity index is 1.47. The first-order valence-corrected chi connectivity index (χ1v) is 15.4. The van der Waals surface area contributed by atoms with E-state index in [1.165, 1.54) is 0 Å². The van der Waals surface area contributed by atoms with E-state index in [2.05, 4.69) is 20.0 Å². The van der Waals surface area contributed by atoms with Crippen molar-refractivity contribution in [3.63, 3.8) is 0 Å². The molecular weight excluding hydrogens is 536 g/mol. The van der Waals surface area contributed by atoms with Crippen LogP contribution < -0.4 is 10.2 Å². The molecule has 0 bridgehead atoms. The summed E-state index contributed by atoms with van der Waals surface area (Å²) in [7, 11) is 2.64. The third-order valence-corrected chi connectivity index (χ3v) is 10.0. The van der Waals surface area contributed by atoms with Crippen LogP contribution in [0.5, 0.6) is 0 Å². The molecule has 9 nitrogen and oxygen atoms in total. The fraction of sp³-hybridized carbons (Fsp3) is 0.536. The summed E-state index contributed by atoms with van der Waals surface area (Å²) in [6, 6.07) is 3.54. The number of halogens is 2. The van der Waals surface area contributed by atoms with Crippen molar-refractivity contribution < 1.29 is 17.8 Å². The summed E-state index contributed by atoms with van der Waals surface area (Å²) in [5, 5.41) is 12.2. The van der Waals surface area contributed by atoms with Crippen molar-refractivity contribution >= 4 is 28.3 Å². The van der Waals surface area contributed by atoms with E-state index in [-0.39, 0.29) is 17.6 Å². The Morgan fingerprint density at radius 2 is 1.93 bits per heavy atom. The number of carbonyl (C=O) groups is 1. The second kappa shape index (κ2) is 10.6. The molecule has 0 atom stereocenters. The molecule has 0 spiro atoms. The van der Waals surface area contributed by atoms with Crippen LogP contribution in [0.3, 0.4) is 0 Å². The van der Waals surface area contributed by atoms with Crippen molar-refractivity contribution in [3.05, 3.63) is 46.4 Å². The maximum atomic E-state index is 14.5. The Bertz CT molecular complexity index is 1470. The summed E-state index contributed by atoms with van der Waals surface area (Å²) in [6.07, 6.45) is 2.89. The van der Waals surface area contributed by atoms with Crippen LogP contribution in [-0.2, 0) is 37.2 Å². The number of aryl methyl sites for hydroxylation is 2. The molecule has 1 aromatic carbocycles. The lowest BCUT2D eigenvalue weighted by Crippen LogP contribution is -2.42. The predicted octanol–water partition coefficient (Wildman–Crippen LogP) is 4.40. The van der Waals surface area contributed by atoms with Crippen LogP contribution in [0.4, 0.5) is 25.1 Å². The molecule has 2 aromatic heterocycles. The van der Waals surface area contributed by atoms with Gasteiger partial charge in [0.2, 0.25) is 0 Å². The number of nitrogens with zero attached hydrogens (tertiary/aromatic N) is 6. The van der Waals surface area contributed by atoms with Crippen molar-refractivity contribution in [2.24, 2.45) is 7.05 Å². The van der Waals surface area contributed by atoms with Crippen LogP contribution in [0.2, 0.25) is 0 Å². The van der Waals surface area contributed by atoms with E-state index < -0.39 is 17.2 Å². The van der Waals surface area contributed by atoms with E-state index >= 15 is 0 Å². The highest BCUT2D eigenvalue weighted by molar-refractivity contribution is 7.85.